The van der Waals surface area contributed by atoms with Crippen molar-refractivity contribution in [3.05, 3.63) is 39.6 Å². The predicted octanol–water partition coefficient (Wildman–Crippen LogP) is 2.46. The summed E-state index contributed by atoms with van der Waals surface area (Å²) in [5.74, 6) is -0.536. The summed E-state index contributed by atoms with van der Waals surface area (Å²) in [6.45, 7) is 7.45. The van der Waals surface area contributed by atoms with E-state index in [4.69, 9.17) is 9.26 Å². The number of aryl methyl sites for hydroxylation is 2. The van der Waals surface area contributed by atoms with E-state index in [-0.39, 0.29) is 11.3 Å². The largest absolute Gasteiger partial charge is 0.455 e. The number of hydrogen-bond acceptors (Lipinski definition) is 7. The van der Waals surface area contributed by atoms with E-state index >= 15 is 0 Å². The smallest absolute Gasteiger partial charge is 0.361 e. The van der Waals surface area contributed by atoms with Crippen LogP contribution in [0, 0.1) is 6.92 Å². The number of carbonyl (C=O) groups is 1. The maximum atomic E-state index is 12.3. The van der Waals surface area contributed by atoms with Crippen LogP contribution in [0.1, 0.15) is 42.4 Å². The van der Waals surface area contributed by atoms with Gasteiger partial charge in [0.25, 0.3) is 5.56 Å². The molecule has 0 aliphatic carbocycles. The molecule has 2 aromatic heterocycles. The Balaban J connectivity index is 2.20. The van der Waals surface area contributed by atoms with Gasteiger partial charge in [-0.05, 0) is 40.4 Å². The Morgan fingerprint density at radius 2 is 2.12 bits per heavy atom. The molecule has 0 saturated carbocycles. The molecule has 2 aromatic rings. The minimum Gasteiger partial charge on any atom is -0.455 e. The van der Waals surface area contributed by atoms with Crippen LogP contribution in [0.15, 0.2) is 26.9 Å². The molecule has 0 amide bonds. The maximum absolute atomic E-state index is 12.3. The van der Waals surface area contributed by atoms with Crippen LogP contribution in [0.4, 0.5) is 0 Å². The number of aromatic nitrogens is 3. The van der Waals surface area contributed by atoms with Crippen molar-refractivity contribution in [1.82, 2.24) is 14.7 Å². The highest BCUT2D eigenvalue weighted by Gasteiger charge is 2.23. The Labute approximate surface area is 144 Å². The molecule has 0 aliphatic rings. The lowest BCUT2D eigenvalue weighted by atomic mass is 10.1. The molecule has 2 heterocycles. The first kappa shape index (κ1) is 18.3. The lowest BCUT2D eigenvalue weighted by molar-refractivity contribution is 0.00577. The van der Waals surface area contributed by atoms with Crippen molar-refractivity contribution in [1.29, 1.82) is 0 Å². The number of esters is 1. The highest BCUT2D eigenvalue weighted by Crippen LogP contribution is 2.16. The van der Waals surface area contributed by atoms with E-state index in [9.17, 15) is 9.59 Å². The Hall–Kier alpha value is -2.09. The summed E-state index contributed by atoms with van der Waals surface area (Å²) in [7, 11) is 0. The number of thioether (sulfide) groups is 1. The van der Waals surface area contributed by atoms with Crippen LogP contribution in [0.2, 0.25) is 0 Å². The third kappa shape index (κ3) is 4.25. The molecule has 7 nitrogen and oxygen atoms in total. The van der Waals surface area contributed by atoms with E-state index in [1.165, 1.54) is 18.0 Å². The number of nitrogens with zero attached hydrogens (tertiary/aromatic N) is 3. The number of carbonyl (C=O) groups excluding carboxylic acids is 1. The normalized spacial score (nSPS) is 11.5. The molecular formula is C16H21N3O4S. The first-order valence-corrected chi connectivity index (χ1v) is 8.72. The molecule has 0 bridgehead atoms. The summed E-state index contributed by atoms with van der Waals surface area (Å²) >= 11 is 1.40. The van der Waals surface area contributed by atoms with Gasteiger partial charge < -0.3 is 9.26 Å². The van der Waals surface area contributed by atoms with Crippen molar-refractivity contribution in [2.75, 3.05) is 6.26 Å². The van der Waals surface area contributed by atoms with Gasteiger partial charge in [0.2, 0.25) is 0 Å². The quantitative estimate of drug-likeness (QED) is 0.464. The van der Waals surface area contributed by atoms with Gasteiger partial charge >= 0.3 is 5.97 Å². The molecule has 0 unspecified atom stereocenters. The lowest BCUT2D eigenvalue weighted by Gasteiger charge is -2.18. The average Bonchev–Trinajstić information content (AvgIpc) is 2.95. The second-order valence-electron chi connectivity index (χ2n) is 6.32. The Morgan fingerprint density at radius 3 is 2.75 bits per heavy atom. The third-order valence-electron chi connectivity index (χ3n) is 3.20. The van der Waals surface area contributed by atoms with E-state index in [2.05, 4.69) is 10.1 Å². The summed E-state index contributed by atoms with van der Waals surface area (Å²) < 4.78 is 11.8. The van der Waals surface area contributed by atoms with Crippen molar-refractivity contribution in [3.63, 3.8) is 0 Å². The van der Waals surface area contributed by atoms with Crippen LogP contribution in [0.5, 0.6) is 0 Å². The van der Waals surface area contributed by atoms with Crippen LogP contribution in [0.25, 0.3) is 0 Å². The zero-order valence-electron chi connectivity index (χ0n) is 14.5. The van der Waals surface area contributed by atoms with Crippen molar-refractivity contribution >= 4 is 17.7 Å². The first-order valence-electron chi connectivity index (χ1n) is 7.50. The first-order chi connectivity index (χ1) is 11.2. The molecule has 0 fully saturated rings. The Kier molecular flexibility index (Phi) is 5.48. The highest BCUT2D eigenvalue weighted by molar-refractivity contribution is 7.98. The van der Waals surface area contributed by atoms with Crippen molar-refractivity contribution in [3.8, 4) is 0 Å². The van der Waals surface area contributed by atoms with Gasteiger partial charge in [0, 0.05) is 23.9 Å². The SMILES string of the molecule is CSc1ncc(C)c(=O)n1CCc1conc1C(=O)OC(C)(C)C. The minimum atomic E-state index is -0.614. The zero-order valence-corrected chi connectivity index (χ0v) is 15.3. The molecule has 0 spiro atoms. The third-order valence-corrected chi connectivity index (χ3v) is 3.90. The molecule has 0 aromatic carbocycles. The Morgan fingerprint density at radius 1 is 1.42 bits per heavy atom. The molecule has 24 heavy (non-hydrogen) atoms. The highest BCUT2D eigenvalue weighted by atomic mass is 32.2. The monoisotopic (exact) mass is 351 g/mol. The summed E-state index contributed by atoms with van der Waals surface area (Å²) in [6, 6.07) is 0. The predicted molar refractivity (Wildman–Crippen MR) is 90.4 cm³/mol. The molecule has 0 radical (unpaired) electrons. The van der Waals surface area contributed by atoms with Gasteiger partial charge in [-0.15, -0.1) is 0 Å². The minimum absolute atomic E-state index is 0.0929. The van der Waals surface area contributed by atoms with Crippen LogP contribution >= 0.6 is 11.8 Å². The standard InChI is InChI=1S/C16H21N3O4S/c1-10-8-17-15(24-5)19(13(10)20)7-6-11-9-22-18-12(11)14(21)23-16(2,3)4/h8-9H,6-7H2,1-5H3. The Bertz CT molecular complexity index is 789. The van der Waals surface area contributed by atoms with E-state index < -0.39 is 11.6 Å². The second kappa shape index (κ2) is 7.21. The number of rotatable bonds is 5. The van der Waals surface area contributed by atoms with Crippen LogP contribution < -0.4 is 5.56 Å². The average molecular weight is 351 g/mol. The molecule has 8 heteroatoms. The van der Waals surface area contributed by atoms with Gasteiger partial charge in [-0.3, -0.25) is 9.36 Å². The van der Waals surface area contributed by atoms with Gasteiger partial charge in [0.05, 0.1) is 0 Å². The van der Waals surface area contributed by atoms with E-state index in [1.807, 2.05) is 6.26 Å². The molecule has 0 aliphatic heterocycles. The molecule has 0 N–H and O–H groups in total. The van der Waals surface area contributed by atoms with Crippen LogP contribution in [-0.4, -0.2) is 32.5 Å². The topological polar surface area (TPSA) is 87.2 Å². The van der Waals surface area contributed by atoms with Crippen molar-refractivity contribution < 1.29 is 14.1 Å². The summed E-state index contributed by atoms with van der Waals surface area (Å²) in [5, 5.41) is 4.36. The van der Waals surface area contributed by atoms with E-state index in [0.717, 1.165) is 0 Å². The molecule has 130 valence electrons. The number of ether oxygens (including phenoxy) is 1. The fraction of sp³-hybridized carbons (Fsp3) is 0.500. The summed E-state index contributed by atoms with van der Waals surface area (Å²) in [5.41, 5.74) is 0.612. The van der Waals surface area contributed by atoms with Gasteiger partial charge in [-0.1, -0.05) is 16.9 Å². The van der Waals surface area contributed by atoms with Crippen LogP contribution in [0.3, 0.4) is 0 Å². The fourth-order valence-corrected chi connectivity index (χ4v) is 2.65. The van der Waals surface area contributed by atoms with Crippen LogP contribution in [-0.2, 0) is 17.7 Å². The number of hydrogen-bond donors (Lipinski definition) is 0. The van der Waals surface area contributed by atoms with Crippen molar-refractivity contribution in [2.24, 2.45) is 0 Å². The van der Waals surface area contributed by atoms with Gasteiger partial charge in [0.1, 0.15) is 11.9 Å². The lowest BCUT2D eigenvalue weighted by Crippen LogP contribution is -2.26. The van der Waals surface area contributed by atoms with E-state index in [1.54, 1.807) is 38.5 Å². The zero-order chi connectivity index (χ0) is 17.9. The second-order valence-corrected chi connectivity index (χ2v) is 7.10. The maximum Gasteiger partial charge on any atom is 0.361 e. The molecule has 0 atom stereocenters. The van der Waals surface area contributed by atoms with Crippen molar-refractivity contribution in [2.45, 2.75) is 51.4 Å². The molecule has 2 rings (SSSR count). The fourth-order valence-electron chi connectivity index (χ4n) is 2.10. The molecule has 0 saturated heterocycles. The van der Waals surface area contributed by atoms with Gasteiger partial charge in [0.15, 0.2) is 10.9 Å². The summed E-state index contributed by atoms with van der Waals surface area (Å²) in [4.78, 5) is 28.7. The summed E-state index contributed by atoms with van der Waals surface area (Å²) in [6.07, 6.45) is 5.25. The van der Waals surface area contributed by atoms with Gasteiger partial charge in [-0.25, -0.2) is 9.78 Å². The molecular weight excluding hydrogens is 330 g/mol. The van der Waals surface area contributed by atoms with E-state index in [0.29, 0.717) is 29.2 Å². The van der Waals surface area contributed by atoms with Gasteiger partial charge in [-0.2, -0.15) is 0 Å².